The molecular weight excluding hydrogens is 320 g/mol. The lowest BCUT2D eigenvalue weighted by Crippen LogP contribution is -2.40. The third kappa shape index (κ3) is 5.83. The van der Waals surface area contributed by atoms with E-state index in [0.29, 0.717) is 11.0 Å². The minimum absolute atomic E-state index is 0.295. The summed E-state index contributed by atoms with van der Waals surface area (Å²) in [4.78, 5) is 0. The van der Waals surface area contributed by atoms with Crippen molar-refractivity contribution in [2.45, 2.75) is 64.1 Å². The molecule has 0 aliphatic rings. The van der Waals surface area contributed by atoms with Crippen molar-refractivity contribution < 1.29 is 4.43 Å². The van der Waals surface area contributed by atoms with Gasteiger partial charge >= 0.3 is 0 Å². The molecule has 0 atom stereocenters. The van der Waals surface area contributed by atoms with Gasteiger partial charge < -0.3 is 4.43 Å². The van der Waals surface area contributed by atoms with E-state index in [1.54, 1.807) is 0 Å². The maximum Gasteiger partial charge on any atom is 0.191 e. The highest BCUT2D eigenvalue weighted by Gasteiger charge is 2.36. The molecule has 0 spiro atoms. The monoisotopic (exact) mass is 354 g/mol. The molecule has 0 saturated carbocycles. The zero-order chi connectivity index (χ0) is 18.3. The molecule has 0 aliphatic heterocycles. The summed E-state index contributed by atoms with van der Waals surface area (Å²) in [7, 11) is -1.61. The van der Waals surface area contributed by atoms with Gasteiger partial charge in [0.05, 0.1) is 0 Å². The molecule has 0 bridgehead atoms. The van der Waals surface area contributed by atoms with Crippen molar-refractivity contribution in [1.82, 2.24) is 0 Å². The van der Waals surface area contributed by atoms with Crippen molar-refractivity contribution in [3.63, 3.8) is 0 Å². The first kappa shape index (κ1) is 19.9. The summed E-state index contributed by atoms with van der Waals surface area (Å²) >= 11 is 0. The second-order valence-electron chi connectivity index (χ2n) is 8.48. The highest BCUT2D eigenvalue weighted by Crippen LogP contribution is 2.36. The molecule has 25 heavy (non-hydrogen) atoms. The van der Waals surface area contributed by atoms with Gasteiger partial charge in [-0.3, -0.25) is 0 Å². The predicted octanol–water partition coefficient (Wildman–Crippen LogP) is 7.01. The molecule has 2 rings (SSSR count). The third-order valence-electron chi connectivity index (χ3n) is 5.56. The Morgan fingerprint density at radius 1 is 0.800 bits per heavy atom. The molecule has 0 unspecified atom stereocenters. The fraction of sp³-hybridized carbons (Fsp3) is 0.478. The number of hydrogen-bond acceptors (Lipinski definition) is 1. The predicted molar refractivity (Wildman–Crippen MR) is 112 cm³/mol. The molecule has 2 aromatic rings. The average Bonchev–Trinajstić information content (AvgIpc) is 2.58. The lowest BCUT2D eigenvalue weighted by atomic mass is 9.87. The molecule has 0 N–H and O–H groups in total. The Morgan fingerprint density at radius 2 is 1.28 bits per heavy atom. The van der Waals surface area contributed by atoms with Crippen molar-refractivity contribution in [2.75, 3.05) is 6.61 Å². The van der Waals surface area contributed by atoms with Gasteiger partial charge in [0.15, 0.2) is 8.32 Å². The first-order valence-electron chi connectivity index (χ1n) is 9.55. The standard InChI is InChI=1S/C23H34OSi/c1-23(2,3)25(4,5)24-19-13-12-18-22(20-14-8-6-9-15-20)21-16-10-7-11-17-21/h6-11,14-17,22H,12-13,18-19H2,1-5H3. The molecule has 2 aromatic carbocycles. The zero-order valence-corrected chi connectivity index (χ0v) is 17.6. The van der Waals surface area contributed by atoms with Crippen LogP contribution in [0.5, 0.6) is 0 Å². The van der Waals surface area contributed by atoms with Crippen molar-refractivity contribution in [3.8, 4) is 0 Å². The van der Waals surface area contributed by atoms with Gasteiger partial charge in [0, 0.05) is 12.5 Å². The molecule has 0 radical (unpaired) electrons. The Balaban J connectivity index is 1.91. The molecular formula is C23H34OSi. The van der Waals surface area contributed by atoms with E-state index in [-0.39, 0.29) is 0 Å². The summed E-state index contributed by atoms with van der Waals surface area (Å²) in [5, 5.41) is 0.295. The fourth-order valence-electron chi connectivity index (χ4n) is 2.89. The van der Waals surface area contributed by atoms with Crippen LogP contribution in [0.1, 0.15) is 57.1 Å². The summed E-state index contributed by atoms with van der Waals surface area (Å²) < 4.78 is 6.33. The topological polar surface area (TPSA) is 9.23 Å². The average molecular weight is 355 g/mol. The second kappa shape index (κ2) is 8.82. The van der Waals surface area contributed by atoms with Crippen LogP contribution in [0.25, 0.3) is 0 Å². The number of hydrogen-bond donors (Lipinski definition) is 0. The van der Waals surface area contributed by atoms with Gasteiger partial charge in [-0.1, -0.05) is 87.9 Å². The van der Waals surface area contributed by atoms with Crippen LogP contribution in [0.4, 0.5) is 0 Å². The molecule has 0 heterocycles. The number of rotatable bonds is 8. The van der Waals surface area contributed by atoms with E-state index >= 15 is 0 Å². The summed E-state index contributed by atoms with van der Waals surface area (Å²) in [5.41, 5.74) is 2.83. The van der Waals surface area contributed by atoms with Crippen LogP contribution in [-0.4, -0.2) is 14.9 Å². The molecule has 0 aromatic heterocycles. The molecule has 0 aliphatic carbocycles. The third-order valence-corrected chi connectivity index (χ3v) is 10.1. The van der Waals surface area contributed by atoms with E-state index in [9.17, 15) is 0 Å². The quantitative estimate of drug-likeness (QED) is 0.366. The number of benzene rings is 2. The Morgan fingerprint density at radius 3 is 1.72 bits per heavy atom. The maximum absolute atomic E-state index is 6.33. The molecule has 136 valence electrons. The van der Waals surface area contributed by atoms with E-state index in [4.69, 9.17) is 4.43 Å². The summed E-state index contributed by atoms with van der Waals surface area (Å²) in [6.45, 7) is 12.5. The Bertz CT molecular complexity index is 574. The van der Waals surface area contributed by atoms with Gasteiger partial charge in [-0.2, -0.15) is 0 Å². The summed E-state index contributed by atoms with van der Waals surface area (Å²) in [6, 6.07) is 21.8. The minimum Gasteiger partial charge on any atom is -0.417 e. The molecule has 0 saturated heterocycles. The highest BCUT2D eigenvalue weighted by atomic mass is 28.4. The largest absolute Gasteiger partial charge is 0.417 e. The van der Waals surface area contributed by atoms with E-state index in [2.05, 4.69) is 94.5 Å². The van der Waals surface area contributed by atoms with Gasteiger partial charge in [0.1, 0.15) is 0 Å². The van der Waals surface area contributed by atoms with Gasteiger partial charge in [0.2, 0.25) is 0 Å². The Labute approximate surface area is 155 Å². The van der Waals surface area contributed by atoms with Crippen molar-refractivity contribution in [2.24, 2.45) is 0 Å². The van der Waals surface area contributed by atoms with Gasteiger partial charge in [0.25, 0.3) is 0 Å². The SMILES string of the molecule is CC(C)(C)[Si](C)(C)OCCCCC(c1ccccc1)c1ccccc1. The van der Waals surface area contributed by atoms with Crippen LogP contribution in [0.15, 0.2) is 60.7 Å². The molecule has 2 heteroatoms. The van der Waals surface area contributed by atoms with Crippen LogP contribution >= 0.6 is 0 Å². The lowest BCUT2D eigenvalue weighted by molar-refractivity contribution is 0.277. The Kier molecular flexibility index (Phi) is 7.03. The smallest absolute Gasteiger partial charge is 0.191 e. The maximum atomic E-state index is 6.33. The summed E-state index contributed by atoms with van der Waals surface area (Å²) in [5.74, 6) is 0.482. The van der Waals surface area contributed by atoms with Gasteiger partial charge in [-0.15, -0.1) is 0 Å². The van der Waals surface area contributed by atoms with E-state index in [0.717, 1.165) is 13.0 Å². The molecule has 1 nitrogen and oxygen atoms in total. The van der Waals surface area contributed by atoms with Crippen LogP contribution in [0, 0.1) is 0 Å². The van der Waals surface area contributed by atoms with Crippen molar-refractivity contribution in [1.29, 1.82) is 0 Å². The zero-order valence-electron chi connectivity index (χ0n) is 16.6. The normalized spacial score (nSPS) is 12.6. The van der Waals surface area contributed by atoms with Crippen LogP contribution in [-0.2, 0) is 4.43 Å². The van der Waals surface area contributed by atoms with Gasteiger partial charge in [-0.05, 0) is 42.1 Å². The summed E-state index contributed by atoms with van der Waals surface area (Å²) in [6.07, 6.45) is 3.51. The number of unbranched alkanes of at least 4 members (excludes halogenated alkanes) is 1. The lowest BCUT2D eigenvalue weighted by Gasteiger charge is -2.36. The fourth-order valence-corrected chi connectivity index (χ4v) is 3.98. The van der Waals surface area contributed by atoms with E-state index < -0.39 is 8.32 Å². The van der Waals surface area contributed by atoms with E-state index in [1.165, 1.54) is 24.0 Å². The van der Waals surface area contributed by atoms with Gasteiger partial charge in [-0.25, -0.2) is 0 Å². The molecule has 0 amide bonds. The first-order chi connectivity index (χ1) is 11.8. The van der Waals surface area contributed by atoms with Crippen LogP contribution in [0.2, 0.25) is 18.1 Å². The second-order valence-corrected chi connectivity index (χ2v) is 13.3. The first-order valence-corrected chi connectivity index (χ1v) is 12.5. The van der Waals surface area contributed by atoms with Crippen LogP contribution in [0.3, 0.4) is 0 Å². The van der Waals surface area contributed by atoms with Crippen LogP contribution < -0.4 is 0 Å². The highest BCUT2D eigenvalue weighted by molar-refractivity contribution is 6.74. The van der Waals surface area contributed by atoms with Crippen molar-refractivity contribution >= 4 is 8.32 Å². The van der Waals surface area contributed by atoms with Crippen molar-refractivity contribution in [3.05, 3.63) is 71.8 Å². The molecule has 0 fully saturated rings. The minimum atomic E-state index is -1.61. The Hall–Kier alpha value is -1.38. The van der Waals surface area contributed by atoms with E-state index in [1.807, 2.05) is 0 Å².